The van der Waals surface area contributed by atoms with Gasteiger partial charge in [-0.15, -0.1) is 17.8 Å². The Morgan fingerprint density at radius 3 is 2.90 bits per heavy atom. The number of rotatable bonds is 7. The van der Waals surface area contributed by atoms with Crippen molar-refractivity contribution in [2.45, 2.75) is 0 Å². The summed E-state index contributed by atoms with van der Waals surface area (Å²) in [7, 11) is 1.46. The number of amides is 1. The van der Waals surface area contributed by atoms with Crippen LogP contribution in [0.2, 0.25) is 5.02 Å². The zero-order valence-corrected chi connectivity index (χ0v) is 17.1. The molecule has 0 radical (unpaired) electrons. The van der Waals surface area contributed by atoms with Gasteiger partial charge in [-0.1, -0.05) is 17.5 Å². The maximum atomic E-state index is 12.3. The van der Waals surface area contributed by atoms with Crippen LogP contribution in [0.4, 0.5) is 5.69 Å². The van der Waals surface area contributed by atoms with Crippen molar-refractivity contribution in [3.8, 4) is 23.8 Å². The van der Waals surface area contributed by atoms with Gasteiger partial charge in [0.05, 0.1) is 28.1 Å². The quantitative estimate of drug-likeness (QED) is 0.254. The standard InChI is InChI=1S/C20H14ClN3O5S/c1-3-6-29-19-15(21)7-12(8-16(19)28-2)11-22-23-20(25)18-10-13-9-14(24(26)27)4-5-17(13)30-18/h1,4-5,7-11H,6H2,2H3,(H,23,25)/b22-11-. The summed E-state index contributed by atoms with van der Waals surface area (Å²) in [5, 5.41) is 15.7. The fourth-order valence-corrected chi connectivity index (χ4v) is 3.75. The smallest absolute Gasteiger partial charge is 0.281 e. The molecular weight excluding hydrogens is 430 g/mol. The van der Waals surface area contributed by atoms with E-state index < -0.39 is 10.8 Å². The van der Waals surface area contributed by atoms with Gasteiger partial charge < -0.3 is 9.47 Å². The van der Waals surface area contributed by atoms with Crippen molar-refractivity contribution in [3.63, 3.8) is 0 Å². The molecule has 3 aromatic rings. The van der Waals surface area contributed by atoms with E-state index in [1.807, 2.05) is 0 Å². The molecule has 0 aliphatic heterocycles. The molecule has 3 rings (SSSR count). The van der Waals surface area contributed by atoms with Crippen LogP contribution in [0.15, 0.2) is 41.5 Å². The van der Waals surface area contributed by atoms with Gasteiger partial charge in [-0.05, 0) is 29.8 Å². The molecule has 1 amide bonds. The lowest BCUT2D eigenvalue weighted by Gasteiger charge is -2.11. The van der Waals surface area contributed by atoms with Crippen LogP contribution in [0.5, 0.6) is 11.5 Å². The molecule has 8 nitrogen and oxygen atoms in total. The number of fused-ring (bicyclic) bond motifs is 1. The molecule has 0 fully saturated rings. The van der Waals surface area contributed by atoms with E-state index in [-0.39, 0.29) is 17.3 Å². The highest BCUT2D eigenvalue weighted by Crippen LogP contribution is 2.36. The highest BCUT2D eigenvalue weighted by Gasteiger charge is 2.14. The number of nitro benzene ring substituents is 1. The molecule has 0 saturated heterocycles. The number of terminal acetylenes is 1. The zero-order chi connectivity index (χ0) is 21.7. The van der Waals surface area contributed by atoms with Crippen LogP contribution in [0, 0.1) is 22.5 Å². The summed E-state index contributed by atoms with van der Waals surface area (Å²) >= 11 is 7.41. The van der Waals surface area contributed by atoms with Crippen LogP contribution in [-0.4, -0.2) is 30.8 Å². The number of carbonyl (C=O) groups is 1. The number of benzene rings is 2. The van der Waals surface area contributed by atoms with Crippen LogP contribution in [0.25, 0.3) is 10.1 Å². The molecule has 0 spiro atoms. The fourth-order valence-electron chi connectivity index (χ4n) is 2.54. The van der Waals surface area contributed by atoms with Gasteiger partial charge in [0.15, 0.2) is 11.5 Å². The Kier molecular flexibility index (Phi) is 6.51. The van der Waals surface area contributed by atoms with E-state index in [1.165, 1.54) is 36.8 Å². The van der Waals surface area contributed by atoms with Gasteiger partial charge in [0.2, 0.25) is 0 Å². The van der Waals surface area contributed by atoms with Crippen molar-refractivity contribution in [3.05, 3.63) is 62.0 Å². The van der Waals surface area contributed by atoms with E-state index in [4.69, 9.17) is 27.5 Å². The Bertz CT molecular complexity index is 1200. The Morgan fingerprint density at radius 2 is 2.20 bits per heavy atom. The number of nitrogens with one attached hydrogen (secondary N) is 1. The van der Waals surface area contributed by atoms with Crippen LogP contribution in [-0.2, 0) is 0 Å². The van der Waals surface area contributed by atoms with Gasteiger partial charge in [-0.3, -0.25) is 14.9 Å². The predicted octanol–water partition coefficient (Wildman–Crippen LogP) is 4.25. The predicted molar refractivity (Wildman–Crippen MR) is 116 cm³/mol. The molecule has 0 unspecified atom stereocenters. The topological polar surface area (TPSA) is 103 Å². The minimum absolute atomic E-state index is 0.0363. The Hall–Kier alpha value is -3.61. The molecule has 0 aliphatic rings. The van der Waals surface area contributed by atoms with Crippen molar-refractivity contribution in [2.24, 2.45) is 5.10 Å². The second-order valence-electron chi connectivity index (χ2n) is 5.82. The molecule has 0 atom stereocenters. The molecular formula is C20H14ClN3O5S. The van der Waals surface area contributed by atoms with Crippen LogP contribution < -0.4 is 14.9 Å². The molecule has 1 N–H and O–H groups in total. The first-order valence-corrected chi connectivity index (χ1v) is 9.57. The lowest BCUT2D eigenvalue weighted by Crippen LogP contribution is -2.16. The van der Waals surface area contributed by atoms with E-state index in [9.17, 15) is 14.9 Å². The van der Waals surface area contributed by atoms with Gasteiger partial charge in [0.1, 0.15) is 6.61 Å². The number of hydrogen-bond donors (Lipinski definition) is 1. The van der Waals surface area contributed by atoms with Gasteiger partial charge in [-0.2, -0.15) is 5.10 Å². The summed E-state index contributed by atoms with van der Waals surface area (Å²) in [5.74, 6) is 2.59. The summed E-state index contributed by atoms with van der Waals surface area (Å²) in [4.78, 5) is 23.1. The van der Waals surface area contributed by atoms with Crippen molar-refractivity contribution in [1.82, 2.24) is 5.43 Å². The number of hydrogen-bond acceptors (Lipinski definition) is 7. The first kappa shape index (κ1) is 21.1. The molecule has 10 heteroatoms. The summed E-state index contributed by atoms with van der Waals surface area (Å²) in [5.41, 5.74) is 2.95. The lowest BCUT2D eigenvalue weighted by atomic mass is 10.2. The monoisotopic (exact) mass is 443 g/mol. The number of hydrazone groups is 1. The van der Waals surface area contributed by atoms with E-state index >= 15 is 0 Å². The number of carbonyl (C=O) groups excluding carboxylic acids is 1. The van der Waals surface area contributed by atoms with Crippen LogP contribution in [0.1, 0.15) is 15.2 Å². The normalized spacial score (nSPS) is 10.7. The second-order valence-corrected chi connectivity index (χ2v) is 7.31. The van der Waals surface area contributed by atoms with Gasteiger partial charge >= 0.3 is 0 Å². The lowest BCUT2D eigenvalue weighted by molar-refractivity contribution is -0.384. The van der Waals surface area contributed by atoms with Crippen molar-refractivity contribution >= 4 is 50.8 Å². The second kappa shape index (κ2) is 9.26. The molecule has 0 aliphatic carbocycles. The van der Waals surface area contributed by atoms with Gasteiger partial charge in [0, 0.05) is 22.2 Å². The Labute approximate surface area is 180 Å². The number of thiophene rings is 1. The van der Waals surface area contributed by atoms with Gasteiger partial charge in [-0.25, -0.2) is 5.43 Å². The number of halogens is 1. The maximum absolute atomic E-state index is 12.3. The summed E-state index contributed by atoms with van der Waals surface area (Å²) in [6, 6.07) is 9.22. The summed E-state index contributed by atoms with van der Waals surface area (Å²) in [6.07, 6.45) is 6.58. The number of methoxy groups -OCH3 is 1. The summed E-state index contributed by atoms with van der Waals surface area (Å²) in [6.45, 7) is 0.0396. The van der Waals surface area contributed by atoms with Crippen molar-refractivity contribution < 1.29 is 19.2 Å². The molecule has 0 saturated carbocycles. The minimum Gasteiger partial charge on any atom is -0.493 e. The van der Waals surface area contributed by atoms with E-state index in [0.717, 1.165) is 4.70 Å². The number of nitro groups is 1. The van der Waals surface area contributed by atoms with Gasteiger partial charge in [0.25, 0.3) is 11.6 Å². The zero-order valence-electron chi connectivity index (χ0n) is 15.5. The molecule has 1 heterocycles. The molecule has 2 aromatic carbocycles. The van der Waals surface area contributed by atoms with Crippen LogP contribution in [0.3, 0.4) is 0 Å². The van der Waals surface area contributed by atoms with Crippen molar-refractivity contribution in [2.75, 3.05) is 13.7 Å². The highest BCUT2D eigenvalue weighted by atomic mass is 35.5. The van der Waals surface area contributed by atoms with E-state index in [0.29, 0.717) is 27.3 Å². The van der Waals surface area contributed by atoms with Crippen molar-refractivity contribution in [1.29, 1.82) is 0 Å². The molecule has 152 valence electrons. The Balaban J connectivity index is 1.74. The molecule has 30 heavy (non-hydrogen) atoms. The third-order valence-corrected chi connectivity index (χ3v) is 5.26. The highest BCUT2D eigenvalue weighted by molar-refractivity contribution is 7.20. The average molecular weight is 444 g/mol. The first-order chi connectivity index (χ1) is 14.4. The fraction of sp³-hybridized carbons (Fsp3) is 0.100. The average Bonchev–Trinajstić information content (AvgIpc) is 3.16. The largest absolute Gasteiger partial charge is 0.493 e. The maximum Gasteiger partial charge on any atom is 0.281 e. The number of ether oxygens (including phenoxy) is 2. The van der Waals surface area contributed by atoms with Crippen LogP contribution >= 0.6 is 22.9 Å². The first-order valence-electron chi connectivity index (χ1n) is 8.38. The Morgan fingerprint density at radius 1 is 1.40 bits per heavy atom. The van der Waals surface area contributed by atoms with E-state index in [1.54, 1.807) is 24.3 Å². The summed E-state index contributed by atoms with van der Waals surface area (Å²) < 4.78 is 11.4. The number of nitrogens with zero attached hydrogens (tertiary/aromatic N) is 2. The SMILES string of the molecule is C#CCOc1c(Cl)cc(/C=N\NC(=O)c2cc3cc([N+](=O)[O-])ccc3s2)cc1OC. The molecule has 0 bridgehead atoms. The minimum atomic E-state index is -0.483. The third kappa shape index (κ3) is 4.68. The molecule has 1 aromatic heterocycles. The third-order valence-electron chi connectivity index (χ3n) is 3.87. The number of non-ortho nitro benzene ring substituents is 1. The van der Waals surface area contributed by atoms with E-state index in [2.05, 4.69) is 16.4 Å².